The lowest BCUT2D eigenvalue weighted by Crippen LogP contribution is -2.15. The van der Waals surface area contributed by atoms with Crippen molar-refractivity contribution in [1.29, 1.82) is 0 Å². The summed E-state index contributed by atoms with van der Waals surface area (Å²) in [4.78, 5) is 7.07. The average molecular weight is 366 g/mol. The molecule has 0 bridgehead atoms. The minimum absolute atomic E-state index is 0.0684. The third-order valence-corrected chi connectivity index (χ3v) is 2.90. The number of halogens is 6. The number of nitrogens with one attached hydrogen (secondary N) is 2. The van der Waals surface area contributed by atoms with Gasteiger partial charge in [0.1, 0.15) is 5.82 Å². The molecule has 0 spiro atoms. The number of anilines is 3. The van der Waals surface area contributed by atoms with Gasteiger partial charge in [0.05, 0.1) is 12.2 Å². The number of nitrogens with zero attached hydrogens (tertiary/aromatic N) is 2. The molecule has 1 heterocycles. The van der Waals surface area contributed by atoms with E-state index >= 15 is 0 Å². The van der Waals surface area contributed by atoms with Gasteiger partial charge in [0, 0.05) is 18.3 Å². The molecule has 0 atom stereocenters. The number of hydrogen-bond donors (Lipinski definition) is 3. The zero-order valence-corrected chi connectivity index (χ0v) is 12.4. The fourth-order valence-electron chi connectivity index (χ4n) is 1.79. The zero-order chi connectivity index (χ0) is 18.7. The van der Waals surface area contributed by atoms with Gasteiger partial charge in [0.25, 0.3) is 0 Å². The van der Waals surface area contributed by atoms with Gasteiger partial charge in [0.2, 0.25) is 5.95 Å². The van der Waals surface area contributed by atoms with E-state index in [9.17, 15) is 26.3 Å². The Bertz CT molecular complexity index is 715. The molecule has 0 aliphatic rings. The van der Waals surface area contributed by atoms with Gasteiger partial charge in [-0.15, -0.1) is 0 Å². The number of rotatable bonds is 5. The topological polar surface area (TPSA) is 70.1 Å². The molecule has 136 valence electrons. The first kappa shape index (κ1) is 18.8. The summed E-state index contributed by atoms with van der Waals surface area (Å²) >= 11 is 0. The van der Waals surface area contributed by atoms with Crippen molar-refractivity contribution in [2.24, 2.45) is 0 Å². The van der Waals surface area contributed by atoms with Crippen LogP contribution in [0.5, 0.6) is 0 Å². The van der Waals surface area contributed by atoms with Crippen LogP contribution < -0.4 is 10.6 Å². The van der Waals surface area contributed by atoms with Gasteiger partial charge in [-0.05, 0) is 24.3 Å². The van der Waals surface area contributed by atoms with Gasteiger partial charge >= 0.3 is 12.4 Å². The summed E-state index contributed by atoms with van der Waals surface area (Å²) in [6, 6.07) is 4.35. The fourth-order valence-corrected chi connectivity index (χ4v) is 1.79. The fraction of sp³-hybridized carbons (Fsp3) is 0.286. The van der Waals surface area contributed by atoms with Crippen LogP contribution in [-0.4, -0.2) is 28.2 Å². The molecular formula is C14H12F6N4O. The number of aromatic nitrogens is 2. The second kappa shape index (κ2) is 7.13. The molecule has 0 aliphatic heterocycles. The maximum absolute atomic E-state index is 12.9. The number of aliphatic hydroxyl groups excluding tert-OH is 1. The van der Waals surface area contributed by atoms with Crippen LogP contribution in [0.1, 0.15) is 11.3 Å². The second-order valence-corrected chi connectivity index (χ2v) is 4.81. The summed E-state index contributed by atoms with van der Waals surface area (Å²) in [6.07, 6.45) is -9.26. The van der Waals surface area contributed by atoms with E-state index in [-0.39, 0.29) is 30.6 Å². The number of benzene rings is 1. The summed E-state index contributed by atoms with van der Waals surface area (Å²) in [7, 11) is 0. The molecular weight excluding hydrogens is 354 g/mol. The minimum atomic E-state index is -4.74. The number of hydrogen-bond acceptors (Lipinski definition) is 5. The van der Waals surface area contributed by atoms with Crippen molar-refractivity contribution in [3.05, 3.63) is 41.6 Å². The minimum Gasteiger partial charge on any atom is -0.395 e. The Kier molecular flexibility index (Phi) is 5.36. The van der Waals surface area contributed by atoms with E-state index < -0.39 is 23.6 Å². The largest absolute Gasteiger partial charge is 0.433 e. The summed E-state index contributed by atoms with van der Waals surface area (Å²) in [5.41, 5.74) is -2.01. The number of aliphatic hydroxyl groups is 1. The molecule has 5 nitrogen and oxygen atoms in total. The lowest BCUT2D eigenvalue weighted by Gasteiger charge is -2.13. The van der Waals surface area contributed by atoms with E-state index in [1.165, 1.54) is 0 Å². The highest BCUT2D eigenvalue weighted by Crippen LogP contribution is 2.32. The van der Waals surface area contributed by atoms with Gasteiger partial charge < -0.3 is 15.7 Å². The molecule has 2 rings (SSSR count). The molecule has 0 amide bonds. The monoisotopic (exact) mass is 366 g/mol. The highest BCUT2D eigenvalue weighted by molar-refractivity contribution is 5.58. The molecule has 0 saturated heterocycles. The normalized spacial score (nSPS) is 12.1. The molecule has 3 N–H and O–H groups in total. The van der Waals surface area contributed by atoms with Crippen molar-refractivity contribution in [3.8, 4) is 0 Å². The molecule has 0 fully saturated rings. The molecule has 25 heavy (non-hydrogen) atoms. The summed E-state index contributed by atoms with van der Waals surface area (Å²) < 4.78 is 76.1. The Balaban J connectivity index is 2.28. The summed E-state index contributed by atoms with van der Waals surface area (Å²) in [5.74, 6) is -0.638. The zero-order valence-electron chi connectivity index (χ0n) is 12.4. The molecule has 0 radical (unpaired) electrons. The van der Waals surface area contributed by atoms with Gasteiger partial charge in [-0.2, -0.15) is 31.3 Å². The van der Waals surface area contributed by atoms with Crippen LogP contribution in [0, 0.1) is 0 Å². The smallest absolute Gasteiger partial charge is 0.395 e. The second-order valence-electron chi connectivity index (χ2n) is 4.81. The van der Waals surface area contributed by atoms with Crippen molar-refractivity contribution in [3.63, 3.8) is 0 Å². The van der Waals surface area contributed by atoms with E-state index in [2.05, 4.69) is 20.6 Å². The van der Waals surface area contributed by atoms with Crippen molar-refractivity contribution in [2.75, 3.05) is 23.8 Å². The van der Waals surface area contributed by atoms with Crippen LogP contribution in [-0.2, 0) is 12.4 Å². The van der Waals surface area contributed by atoms with Gasteiger partial charge in [-0.1, -0.05) is 0 Å². The molecule has 0 aliphatic carbocycles. The van der Waals surface area contributed by atoms with E-state index in [4.69, 9.17) is 5.11 Å². The Hall–Kier alpha value is -2.56. The molecule has 2 aromatic rings. The Morgan fingerprint density at radius 1 is 0.920 bits per heavy atom. The third kappa shape index (κ3) is 5.21. The predicted octanol–water partition coefficient (Wildman–Crippen LogP) is 3.66. The summed E-state index contributed by atoms with van der Waals surface area (Å²) in [6.45, 7) is -0.414. The van der Waals surface area contributed by atoms with Gasteiger partial charge in [0.15, 0.2) is 5.69 Å². The standard InChI is InChI=1S/C14H12F6N4O/c15-13(16,17)8-1-3-9(4-2-8)22-11-7-10(14(18,19)20)23-12(24-11)21-5-6-25/h1-4,7,25H,5-6H2,(H2,21,22,23,24). The first-order chi connectivity index (χ1) is 11.6. The summed E-state index contributed by atoms with van der Waals surface area (Å²) in [5, 5.41) is 13.6. The molecule has 0 unspecified atom stereocenters. The van der Waals surface area contributed by atoms with Crippen LogP contribution >= 0.6 is 0 Å². The van der Waals surface area contributed by atoms with Crippen molar-refractivity contribution in [1.82, 2.24) is 9.97 Å². The highest BCUT2D eigenvalue weighted by atomic mass is 19.4. The van der Waals surface area contributed by atoms with Gasteiger partial charge in [-0.25, -0.2) is 4.98 Å². The quantitative estimate of drug-likeness (QED) is 0.705. The third-order valence-electron chi connectivity index (χ3n) is 2.90. The Morgan fingerprint density at radius 2 is 1.56 bits per heavy atom. The average Bonchev–Trinajstić information content (AvgIpc) is 2.51. The highest BCUT2D eigenvalue weighted by Gasteiger charge is 2.34. The van der Waals surface area contributed by atoms with Crippen LogP contribution in [0.3, 0.4) is 0 Å². The molecule has 11 heteroatoms. The molecule has 1 aromatic carbocycles. The van der Waals surface area contributed by atoms with Crippen LogP contribution in [0.25, 0.3) is 0 Å². The first-order valence-corrected chi connectivity index (χ1v) is 6.85. The van der Waals surface area contributed by atoms with Crippen LogP contribution in [0.4, 0.5) is 43.8 Å². The van der Waals surface area contributed by atoms with E-state index in [0.29, 0.717) is 6.07 Å². The van der Waals surface area contributed by atoms with E-state index in [1.54, 1.807) is 0 Å². The number of alkyl halides is 6. The Labute approximate surface area is 137 Å². The first-order valence-electron chi connectivity index (χ1n) is 6.85. The predicted molar refractivity (Wildman–Crippen MR) is 77.3 cm³/mol. The molecule has 1 aromatic heterocycles. The van der Waals surface area contributed by atoms with Crippen molar-refractivity contribution in [2.45, 2.75) is 12.4 Å². The molecule has 0 saturated carbocycles. The van der Waals surface area contributed by atoms with Crippen LogP contribution in [0.2, 0.25) is 0 Å². The van der Waals surface area contributed by atoms with Gasteiger partial charge in [-0.3, -0.25) is 0 Å². The lowest BCUT2D eigenvalue weighted by atomic mass is 10.2. The SMILES string of the molecule is OCCNc1nc(Nc2ccc(C(F)(F)F)cc2)cc(C(F)(F)F)n1. The lowest BCUT2D eigenvalue weighted by molar-refractivity contribution is -0.141. The van der Waals surface area contributed by atoms with Crippen molar-refractivity contribution < 1.29 is 31.4 Å². The maximum Gasteiger partial charge on any atom is 0.433 e. The maximum atomic E-state index is 12.9. The Morgan fingerprint density at radius 3 is 2.08 bits per heavy atom. The van der Waals surface area contributed by atoms with Crippen LogP contribution in [0.15, 0.2) is 30.3 Å². The van der Waals surface area contributed by atoms with E-state index in [0.717, 1.165) is 24.3 Å². The van der Waals surface area contributed by atoms with E-state index in [1.807, 2.05) is 0 Å². The van der Waals surface area contributed by atoms with Crippen molar-refractivity contribution >= 4 is 17.5 Å².